The maximum atomic E-state index is 6.23. The van der Waals surface area contributed by atoms with Crippen LogP contribution in [-0.2, 0) is 0 Å². The largest absolute Gasteiger partial charge is 0.324 e. The number of hydrogen-bond acceptors (Lipinski definition) is 1. The van der Waals surface area contributed by atoms with Gasteiger partial charge in [-0.15, -0.1) is 0 Å². The summed E-state index contributed by atoms with van der Waals surface area (Å²) in [4.78, 5) is 0. The van der Waals surface area contributed by atoms with E-state index in [1.54, 1.807) is 0 Å². The number of allylic oxidation sites excluding steroid dienone is 4. The van der Waals surface area contributed by atoms with Crippen LogP contribution in [-0.4, -0.2) is 6.04 Å². The average molecular weight is 256 g/mol. The lowest BCUT2D eigenvalue weighted by Gasteiger charge is -2.26. The summed E-state index contributed by atoms with van der Waals surface area (Å²) in [6.07, 6.45) is 8.70. The summed E-state index contributed by atoms with van der Waals surface area (Å²) in [6.45, 7) is 2.18. The van der Waals surface area contributed by atoms with Crippen molar-refractivity contribution in [2.24, 2.45) is 23.0 Å². The Kier molecular flexibility index (Phi) is 2.30. The number of halogens is 2. The van der Waals surface area contributed by atoms with Crippen LogP contribution in [0.15, 0.2) is 33.9 Å². The molecular weight excluding hydrogens is 241 g/mol. The predicted octanol–water partition coefficient (Wildman–Crippen LogP) is 3.55. The van der Waals surface area contributed by atoms with Crippen molar-refractivity contribution >= 4 is 23.2 Å². The van der Waals surface area contributed by atoms with E-state index in [0.29, 0.717) is 16.3 Å². The summed E-state index contributed by atoms with van der Waals surface area (Å²) >= 11 is 12.0. The van der Waals surface area contributed by atoms with E-state index in [2.05, 4.69) is 25.2 Å². The fourth-order valence-corrected chi connectivity index (χ4v) is 4.56. The number of rotatable bonds is 0. The van der Waals surface area contributed by atoms with Gasteiger partial charge in [0.25, 0.3) is 0 Å². The zero-order valence-corrected chi connectivity index (χ0v) is 10.7. The van der Waals surface area contributed by atoms with E-state index in [0.717, 1.165) is 0 Å². The molecule has 3 heteroatoms. The van der Waals surface area contributed by atoms with E-state index in [4.69, 9.17) is 28.9 Å². The van der Waals surface area contributed by atoms with E-state index >= 15 is 0 Å². The van der Waals surface area contributed by atoms with Gasteiger partial charge in [-0.05, 0) is 37.2 Å². The van der Waals surface area contributed by atoms with Gasteiger partial charge in [-0.2, -0.15) is 0 Å². The van der Waals surface area contributed by atoms with Gasteiger partial charge >= 0.3 is 0 Å². The molecule has 0 aliphatic heterocycles. The fraction of sp³-hybridized carbons (Fsp3) is 0.538. The molecule has 86 valence electrons. The van der Waals surface area contributed by atoms with Gasteiger partial charge in [0, 0.05) is 11.5 Å². The van der Waals surface area contributed by atoms with Gasteiger partial charge in [-0.3, -0.25) is 0 Å². The summed E-state index contributed by atoms with van der Waals surface area (Å²) in [7, 11) is 0. The van der Waals surface area contributed by atoms with Crippen molar-refractivity contribution in [3.8, 4) is 0 Å². The lowest BCUT2D eigenvalue weighted by molar-refractivity contribution is 0.367. The fourth-order valence-electron chi connectivity index (χ4n) is 3.98. The Balaban J connectivity index is 2.14. The van der Waals surface area contributed by atoms with Gasteiger partial charge in [0.1, 0.15) is 4.49 Å². The highest BCUT2D eigenvalue weighted by Gasteiger charge is 2.69. The molecule has 4 unspecified atom stereocenters. The second-order valence-corrected chi connectivity index (χ2v) is 6.04. The van der Waals surface area contributed by atoms with Crippen molar-refractivity contribution in [3.05, 3.63) is 33.9 Å². The molecule has 0 radical (unpaired) electrons. The summed E-state index contributed by atoms with van der Waals surface area (Å²) in [5.74, 6) is 1.03. The Hall–Kier alpha value is -0.240. The molecule has 0 aromatic rings. The third-order valence-corrected chi connectivity index (χ3v) is 5.02. The van der Waals surface area contributed by atoms with E-state index < -0.39 is 0 Å². The molecule has 4 atom stereocenters. The van der Waals surface area contributed by atoms with Crippen LogP contribution in [0.25, 0.3) is 0 Å². The lowest BCUT2D eigenvalue weighted by Crippen LogP contribution is -2.33. The van der Waals surface area contributed by atoms with Gasteiger partial charge in [-0.1, -0.05) is 47.0 Å². The molecule has 0 aromatic heterocycles. The van der Waals surface area contributed by atoms with E-state index in [1.807, 2.05) is 0 Å². The highest BCUT2D eigenvalue weighted by molar-refractivity contribution is 6.56. The van der Waals surface area contributed by atoms with Crippen molar-refractivity contribution in [1.82, 2.24) is 0 Å². The van der Waals surface area contributed by atoms with E-state index in [1.165, 1.54) is 24.0 Å². The van der Waals surface area contributed by atoms with Gasteiger partial charge in [0.05, 0.1) is 0 Å². The third-order valence-electron chi connectivity index (χ3n) is 4.61. The van der Waals surface area contributed by atoms with Crippen LogP contribution < -0.4 is 5.73 Å². The normalized spacial score (nSPS) is 44.6. The van der Waals surface area contributed by atoms with Gasteiger partial charge < -0.3 is 5.73 Å². The van der Waals surface area contributed by atoms with Crippen LogP contribution in [0.3, 0.4) is 0 Å². The standard InChI is InChI=1S/C13H15Cl2N/c1-7-3-2-4-10(16)8-5-6-9-11(12(14)15)13(7,8)9/h2-4,8-10H,5-6,16H2,1H3. The van der Waals surface area contributed by atoms with Gasteiger partial charge in [-0.25, -0.2) is 0 Å². The van der Waals surface area contributed by atoms with Crippen molar-refractivity contribution in [2.45, 2.75) is 25.8 Å². The zero-order valence-electron chi connectivity index (χ0n) is 9.21. The van der Waals surface area contributed by atoms with E-state index in [-0.39, 0.29) is 11.5 Å². The quantitative estimate of drug-likeness (QED) is 0.704. The Bertz CT molecular complexity index is 431. The lowest BCUT2D eigenvalue weighted by atomic mass is 9.80. The third kappa shape index (κ3) is 1.12. The first-order chi connectivity index (χ1) is 7.60. The minimum atomic E-state index is 0.0990. The van der Waals surface area contributed by atoms with Crippen molar-refractivity contribution in [1.29, 1.82) is 0 Å². The Morgan fingerprint density at radius 2 is 2.19 bits per heavy atom. The maximum Gasteiger partial charge on any atom is 0.107 e. The minimum Gasteiger partial charge on any atom is -0.324 e. The molecule has 2 fully saturated rings. The Morgan fingerprint density at radius 1 is 1.44 bits per heavy atom. The van der Waals surface area contributed by atoms with Crippen molar-refractivity contribution in [3.63, 3.8) is 0 Å². The summed E-state index contributed by atoms with van der Waals surface area (Å²) in [5, 5.41) is 0. The first-order valence-electron chi connectivity index (χ1n) is 5.77. The average Bonchev–Trinajstić information content (AvgIpc) is 2.78. The molecule has 0 bridgehead atoms. The van der Waals surface area contributed by atoms with Crippen LogP contribution in [0, 0.1) is 17.3 Å². The Labute approximate surface area is 106 Å². The molecular formula is C13H15Cl2N. The summed E-state index contributed by atoms with van der Waals surface area (Å²) in [6, 6.07) is 0.129. The molecule has 1 spiro atoms. The molecule has 0 aromatic carbocycles. The summed E-state index contributed by atoms with van der Waals surface area (Å²) < 4.78 is 0.469. The van der Waals surface area contributed by atoms with Gasteiger partial charge in [0.15, 0.2) is 0 Å². The van der Waals surface area contributed by atoms with Gasteiger partial charge in [0.2, 0.25) is 0 Å². The number of nitrogens with two attached hydrogens (primary N) is 1. The summed E-state index contributed by atoms with van der Waals surface area (Å²) in [5.41, 5.74) is 8.94. The van der Waals surface area contributed by atoms with Crippen LogP contribution in [0.5, 0.6) is 0 Å². The molecule has 0 amide bonds. The second-order valence-electron chi connectivity index (χ2n) is 5.09. The maximum absolute atomic E-state index is 6.23. The molecule has 0 saturated heterocycles. The topological polar surface area (TPSA) is 26.0 Å². The SMILES string of the molecule is CC1=CC=CC(N)C2CCC3C(=C(Cl)Cl)C132. The van der Waals surface area contributed by atoms with Crippen molar-refractivity contribution < 1.29 is 0 Å². The number of hydrogen-bond donors (Lipinski definition) is 1. The van der Waals surface area contributed by atoms with Crippen LogP contribution in [0.4, 0.5) is 0 Å². The first kappa shape index (κ1) is 10.9. The van der Waals surface area contributed by atoms with Crippen LogP contribution in [0.2, 0.25) is 0 Å². The van der Waals surface area contributed by atoms with Crippen LogP contribution in [0.1, 0.15) is 19.8 Å². The molecule has 1 nitrogen and oxygen atoms in total. The monoisotopic (exact) mass is 255 g/mol. The molecule has 0 heterocycles. The van der Waals surface area contributed by atoms with Crippen molar-refractivity contribution in [2.75, 3.05) is 0 Å². The first-order valence-corrected chi connectivity index (χ1v) is 6.52. The highest BCUT2D eigenvalue weighted by atomic mass is 35.5. The second kappa shape index (κ2) is 3.38. The zero-order chi connectivity index (χ0) is 11.5. The minimum absolute atomic E-state index is 0.0990. The predicted molar refractivity (Wildman–Crippen MR) is 68.3 cm³/mol. The molecule has 2 saturated carbocycles. The molecule has 16 heavy (non-hydrogen) atoms. The smallest absolute Gasteiger partial charge is 0.107 e. The highest BCUT2D eigenvalue weighted by Crippen LogP contribution is 2.76. The molecule has 3 rings (SSSR count). The molecule has 2 N–H and O–H groups in total. The van der Waals surface area contributed by atoms with Crippen LogP contribution >= 0.6 is 23.2 Å². The molecule has 3 aliphatic rings. The Morgan fingerprint density at radius 3 is 2.81 bits per heavy atom. The molecule has 3 aliphatic carbocycles. The van der Waals surface area contributed by atoms with E-state index in [9.17, 15) is 0 Å².